The third-order valence-electron chi connectivity index (χ3n) is 2.99. The normalized spacial score (nSPS) is 10.7. The summed E-state index contributed by atoms with van der Waals surface area (Å²) in [5, 5.41) is 0.550. The van der Waals surface area contributed by atoms with E-state index in [4.69, 9.17) is 11.6 Å². The number of hydrogen-bond acceptors (Lipinski definition) is 2. The van der Waals surface area contributed by atoms with Crippen LogP contribution in [-0.4, -0.2) is 9.97 Å². The maximum absolute atomic E-state index is 6.20. The predicted molar refractivity (Wildman–Crippen MR) is 88.6 cm³/mol. The summed E-state index contributed by atoms with van der Waals surface area (Å²) >= 11 is 8.42. The van der Waals surface area contributed by atoms with Crippen LogP contribution >= 0.6 is 34.2 Å². The first-order chi connectivity index (χ1) is 9.15. The molecule has 4 heteroatoms. The fourth-order valence-corrected chi connectivity index (χ4v) is 2.58. The highest BCUT2D eigenvalue weighted by atomic mass is 127. The number of aromatic nitrogens is 2. The average molecular weight is 387 g/mol. The molecule has 0 N–H and O–H groups in total. The lowest BCUT2D eigenvalue weighted by Gasteiger charge is -2.08. The Kier molecular flexibility index (Phi) is 5.16. The Morgan fingerprint density at radius 1 is 1.11 bits per heavy atom. The van der Waals surface area contributed by atoms with Crippen molar-refractivity contribution in [2.24, 2.45) is 0 Å². The molecule has 19 heavy (non-hydrogen) atoms. The SMILES string of the molecule is CCCc1nc(-c2ccc(CC)cc2)nc(Cl)c1I. The molecule has 0 saturated heterocycles. The molecule has 0 radical (unpaired) electrons. The van der Waals surface area contributed by atoms with Gasteiger partial charge >= 0.3 is 0 Å². The van der Waals surface area contributed by atoms with Gasteiger partial charge in [0.2, 0.25) is 0 Å². The van der Waals surface area contributed by atoms with Crippen LogP contribution in [0.1, 0.15) is 31.5 Å². The molecular weight excluding hydrogens is 371 g/mol. The second-order valence-corrected chi connectivity index (χ2v) is 5.84. The largest absolute Gasteiger partial charge is 0.232 e. The maximum atomic E-state index is 6.20. The molecule has 0 aliphatic rings. The lowest BCUT2D eigenvalue weighted by Crippen LogP contribution is -2.00. The number of benzene rings is 1. The van der Waals surface area contributed by atoms with E-state index < -0.39 is 0 Å². The van der Waals surface area contributed by atoms with Gasteiger partial charge in [-0.1, -0.05) is 56.1 Å². The number of nitrogens with zero attached hydrogens (tertiary/aromatic N) is 2. The molecular formula is C15H16ClIN2. The summed E-state index contributed by atoms with van der Waals surface area (Å²) in [6.45, 7) is 4.29. The van der Waals surface area contributed by atoms with Crippen molar-refractivity contribution in [2.45, 2.75) is 33.1 Å². The van der Waals surface area contributed by atoms with Gasteiger partial charge in [0.25, 0.3) is 0 Å². The predicted octanol–water partition coefficient (Wildman–Crippen LogP) is 4.92. The number of rotatable bonds is 4. The molecule has 0 amide bonds. The van der Waals surface area contributed by atoms with Crippen LogP contribution in [0.25, 0.3) is 11.4 Å². The molecule has 0 unspecified atom stereocenters. The first-order valence-corrected chi connectivity index (χ1v) is 7.92. The van der Waals surface area contributed by atoms with Crippen molar-refractivity contribution in [1.82, 2.24) is 9.97 Å². The van der Waals surface area contributed by atoms with Crippen molar-refractivity contribution in [3.8, 4) is 11.4 Å². The van der Waals surface area contributed by atoms with Crippen LogP contribution in [0, 0.1) is 3.57 Å². The number of hydrogen-bond donors (Lipinski definition) is 0. The third-order valence-corrected chi connectivity index (χ3v) is 4.71. The zero-order valence-electron chi connectivity index (χ0n) is 11.1. The molecule has 0 fully saturated rings. The van der Waals surface area contributed by atoms with Gasteiger partial charge in [-0.3, -0.25) is 0 Å². The van der Waals surface area contributed by atoms with E-state index in [0.717, 1.165) is 39.9 Å². The van der Waals surface area contributed by atoms with E-state index in [0.29, 0.717) is 5.15 Å². The first kappa shape index (κ1) is 14.7. The Morgan fingerprint density at radius 3 is 2.37 bits per heavy atom. The Bertz CT molecular complexity index is 567. The maximum Gasteiger partial charge on any atom is 0.161 e. The summed E-state index contributed by atoms with van der Waals surface area (Å²) in [5.74, 6) is 0.719. The van der Waals surface area contributed by atoms with E-state index in [-0.39, 0.29) is 0 Å². The van der Waals surface area contributed by atoms with Crippen molar-refractivity contribution in [1.29, 1.82) is 0 Å². The molecule has 1 heterocycles. The molecule has 0 atom stereocenters. The highest BCUT2D eigenvalue weighted by Gasteiger charge is 2.11. The third kappa shape index (κ3) is 3.45. The summed E-state index contributed by atoms with van der Waals surface area (Å²) in [6.07, 6.45) is 3.02. The minimum atomic E-state index is 0.550. The molecule has 0 saturated carbocycles. The van der Waals surface area contributed by atoms with E-state index >= 15 is 0 Å². The van der Waals surface area contributed by atoms with Crippen molar-refractivity contribution >= 4 is 34.2 Å². The van der Waals surface area contributed by atoms with Crippen molar-refractivity contribution in [3.63, 3.8) is 0 Å². The monoisotopic (exact) mass is 386 g/mol. The van der Waals surface area contributed by atoms with Gasteiger partial charge in [0.15, 0.2) is 5.82 Å². The van der Waals surface area contributed by atoms with Crippen molar-refractivity contribution in [3.05, 3.63) is 44.2 Å². The van der Waals surface area contributed by atoms with Crippen LogP contribution in [0.15, 0.2) is 24.3 Å². The first-order valence-electron chi connectivity index (χ1n) is 6.47. The average Bonchev–Trinajstić information content (AvgIpc) is 2.44. The second kappa shape index (κ2) is 6.66. The zero-order valence-corrected chi connectivity index (χ0v) is 14.0. The van der Waals surface area contributed by atoms with E-state index in [1.807, 2.05) is 0 Å². The highest BCUT2D eigenvalue weighted by Crippen LogP contribution is 2.25. The summed E-state index contributed by atoms with van der Waals surface area (Å²) in [6, 6.07) is 8.36. The van der Waals surface area contributed by atoms with Gasteiger partial charge in [0.1, 0.15) is 5.15 Å². The summed E-state index contributed by atoms with van der Waals surface area (Å²) in [5.41, 5.74) is 3.37. The van der Waals surface area contributed by atoms with E-state index in [2.05, 4.69) is 70.7 Å². The number of halogens is 2. The quantitative estimate of drug-likeness (QED) is 0.551. The fourth-order valence-electron chi connectivity index (χ4n) is 1.88. The molecule has 2 nitrogen and oxygen atoms in total. The molecule has 1 aromatic heterocycles. The van der Waals surface area contributed by atoms with E-state index in [9.17, 15) is 0 Å². The topological polar surface area (TPSA) is 25.8 Å². The Hall–Kier alpha value is -0.680. The zero-order chi connectivity index (χ0) is 13.8. The Balaban J connectivity index is 2.43. The summed E-state index contributed by atoms with van der Waals surface area (Å²) < 4.78 is 0.968. The molecule has 2 rings (SSSR count). The smallest absolute Gasteiger partial charge is 0.161 e. The van der Waals surface area contributed by atoms with E-state index in [1.54, 1.807) is 0 Å². The molecule has 2 aromatic rings. The van der Waals surface area contributed by atoms with Gasteiger partial charge in [-0.05, 0) is 41.0 Å². The lowest BCUT2D eigenvalue weighted by molar-refractivity contribution is 0.867. The Morgan fingerprint density at radius 2 is 1.79 bits per heavy atom. The van der Waals surface area contributed by atoms with Gasteiger partial charge in [-0.15, -0.1) is 0 Å². The van der Waals surface area contributed by atoms with Gasteiger partial charge in [0, 0.05) is 5.56 Å². The summed E-state index contributed by atoms with van der Waals surface area (Å²) in [4.78, 5) is 9.03. The van der Waals surface area contributed by atoms with Gasteiger partial charge in [0.05, 0.1) is 9.26 Å². The van der Waals surface area contributed by atoms with Gasteiger partial charge in [-0.2, -0.15) is 0 Å². The fraction of sp³-hybridized carbons (Fsp3) is 0.333. The number of aryl methyl sites for hydroxylation is 2. The summed E-state index contributed by atoms with van der Waals surface area (Å²) in [7, 11) is 0. The molecule has 0 aliphatic carbocycles. The van der Waals surface area contributed by atoms with Crippen molar-refractivity contribution < 1.29 is 0 Å². The minimum Gasteiger partial charge on any atom is -0.232 e. The van der Waals surface area contributed by atoms with Crippen LogP contribution in [0.4, 0.5) is 0 Å². The van der Waals surface area contributed by atoms with Crippen molar-refractivity contribution in [2.75, 3.05) is 0 Å². The van der Waals surface area contributed by atoms with Crippen LogP contribution in [0.5, 0.6) is 0 Å². The molecule has 1 aromatic carbocycles. The Labute approximate surface area is 132 Å². The van der Waals surface area contributed by atoms with Gasteiger partial charge in [-0.25, -0.2) is 9.97 Å². The molecule has 0 bridgehead atoms. The second-order valence-electron chi connectivity index (χ2n) is 4.40. The van der Waals surface area contributed by atoms with Crippen LogP contribution in [-0.2, 0) is 12.8 Å². The molecule has 0 spiro atoms. The van der Waals surface area contributed by atoms with Crippen LogP contribution in [0.2, 0.25) is 5.15 Å². The van der Waals surface area contributed by atoms with Gasteiger partial charge < -0.3 is 0 Å². The standard InChI is InChI=1S/C15H16ClIN2/c1-3-5-12-13(17)14(16)19-15(18-12)11-8-6-10(4-2)7-9-11/h6-9H,3-5H2,1-2H3. The molecule has 100 valence electrons. The molecule has 0 aliphatic heterocycles. The highest BCUT2D eigenvalue weighted by molar-refractivity contribution is 14.1. The van der Waals surface area contributed by atoms with Crippen LogP contribution in [0.3, 0.4) is 0 Å². The lowest BCUT2D eigenvalue weighted by atomic mass is 10.1. The van der Waals surface area contributed by atoms with E-state index in [1.165, 1.54) is 5.56 Å². The minimum absolute atomic E-state index is 0.550. The van der Waals surface area contributed by atoms with Crippen LogP contribution < -0.4 is 0 Å².